The maximum atomic E-state index is 14.0. The number of thiazole rings is 1. The molecule has 1 aromatic carbocycles. The van der Waals surface area contributed by atoms with E-state index in [4.69, 9.17) is 23.1 Å². The Morgan fingerprint density at radius 1 is 0.964 bits per heavy atom. The zero-order valence-electron chi connectivity index (χ0n) is 37.2. The third-order valence-corrected chi connectivity index (χ3v) is 25.9. The molecule has 0 bridgehead atoms. The summed E-state index contributed by atoms with van der Waals surface area (Å²) in [6.07, 6.45) is 0.469. The molecule has 0 radical (unpaired) electrons. The summed E-state index contributed by atoms with van der Waals surface area (Å²) in [5, 5.41) is -0.0149. The summed E-state index contributed by atoms with van der Waals surface area (Å²) in [4.78, 5) is 17.3. The molecule has 0 fully saturated rings. The summed E-state index contributed by atoms with van der Waals surface area (Å²) in [5.41, 5.74) is 0.681. The predicted octanol–water partition coefficient (Wildman–Crippen LogP) is 11.4. The molecule has 0 aliphatic heterocycles. The van der Waals surface area contributed by atoms with Crippen LogP contribution in [0.15, 0.2) is 53.4 Å². The van der Waals surface area contributed by atoms with Crippen LogP contribution in [0.3, 0.4) is 0 Å². The van der Waals surface area contributed by atoms with Gasteiger partial charge in [0.2, 0.25) is 14.2 Å². The van der Waals surface area contributed by atoms with Gasteiger partial charge in [0.05, 0.1) is 34.3 Å². The first-order chi connectivity index (χ1) is 25.7. The van der Waals surface area contributed by atoms with Crippen LogP contribution in [0.4, 0.5) is 0 Å². The molecule has 14 heteroatoms. The first-order valence-corrected chi connectivity index (χ1v) is 32.0. The van der Waals surface area contributed by atoms with Gasteiger partial charge in [0.1, 0.15) is 12.9 Å². The van der Waals surface area contributed by atoms with E-state index in [1.165, 1.54) is 17.4 Å². The van der Waals surface area contributed by atoms with Crippen molar-refractivity contribution in [3.8, 4) is 0 Å². The second-order valence-corrected chi connectivity index (χ2v) is 37.1. The van der Waals surface area contributed by atoms with Crippen LogP contribution in [-0.4, -0.2) is 87.6 Å². The lowest BCUT2D eigenvalue weighted by Gasteiger charge is -2.42. The van der Waals surface area contributed by atoms with Crippen LogP contribution in [0.1, 0.15) is 81.6 Å². The molecule has 0 spiro atoms. The van der Waals surface area contributed by atoms with E-state index in [1.54, 1.807) is 0 Å². The Hall–Kier alpha value is -1.50. The van der Waals surface area contributed by atoms with E-state index in [0.717, 1.165) is 34.4 Å². The second kappa shape index (κ2) is 21.1. The average molecular weight is 870 g/mol. The van der Waals surface area contributed by atoms with Crippen molar-refractivity contribution in [3.05, 3.63) is 49.1 Å². The SMILES string of the molecule is C=CC(=O)O[C@@H](CC(=C)CC(O[Si](CC)(CC)CC)C(C)(C)CS(=O)(=O)c1nc2ccccc2s1)C[C@@H](OCOCC[Si](C)(C)C)[C@@H](C)O[Si](C)(C)C(C)(C)C. The minimum absolute atomic E-state index is 0.0149. The third-order valence-electron chi connectivity index (χ3n) is 11.4. The number of carbonyl (C=O) groups excluding carboxylic acids is 1. The van der Waals surface area contributed by atoms with E-state index in [9.17, 15) is 13.2 Å². The fraction of sp³-hybridized carbons (Fsp3) is 0.714. The molecule has 2 aromatic rings. The first-order valence-electron chi connectivity index (χ1n) is 20.4. The Morgan fingerprint density at radius 2 is 1.57 bits per heavy atom. The van der Waals surface area contributed by atoms with Crippen molar-refractivity contribution in [1.82, 2.24) is 4.98 Å². The Labute approximate surface area is 347 Å². The highest BCUT2D eigenvalue weighted by atomic mass is 32.2. The molecule has 4 atom stereocenters. The normalized spacial score (nSPS) is 15.7. The largest absolute Gasteiger partial charge is 0.459 e. The van der Waals surface area contributed by atoms with E-state index in [2.05, 4.69) is 92.4 Å². The van der Waals surface area contributed by atoms with Gasteiger partial charge in [0, 0.05) is 39.0 Å². The van der Waals surface area contributed by atoms with Gasteiger partial charge in [-0.15, -0.1) is 11.3 Å². The number of hydrogen-bond donors (Lipinski definition) is 0. The van der Waals surface area contributed by atoms with E-state index in [1.807, 2.05) is 45.0 Å². The van der Waals surface area contributed by atoms with Crippen molar-refractivity contribution in [1.29, 1.82) is 0 Å². The minimum atomic E-state index is -3.76. The Bertz CT molecular complexity index is 1630. The predicted molar refractivity (Wildman–Crippen MR) is 242 cm³/mol. The van der Waals surface area contributed by atoms with Gasteiger partial charge >= 0.3 is 5.97 Å². The zero-order chi connectivity index (χ0) is 42.8. The molecule has 0 aliphatic rings. The van der Waals surface area contributed by atoms with Crippen molar-refractivity contribution in [2.75, 3.05) is 19.2 Å². The quantitative estimate of drug-likeness (QED) is 0.0228. The van der Waals surface area contributed by atoms with E-state index >= 15 is 0 Å². The topological polar surface area (TPSA) is 110 Å². The lowest BCUT2D eigenvalue weighted by molar-refractivity contribution is -0.151. The van der Waals surface area contributed by atoms with Gasteiger partial charge in [0.15, 0.2) is 16.6 Å². The molecule has 0 saturated carbocycles. The lowest BCUT2D eigenvalue weighted by Crippen LogP contribution is -2.48. The second-order valence-electron chi connectivity index (χ2n) is 18.8. The van der Waals surface area contributed by atoms with Crippen LogP contribution in [0.2, 0.25) is 61.9 Å². The standard InChI is InChI=1S/C42H75NO8S2Si3/c1-17-39(44)49-34(29-36(48-31-47-25-26-54(12,13)14)33(6)50-55(15,16)41(7,8)9)27-32(5)28-38(51-56(18-2,19-3)20-4)42(10,11)30-53(45,46)40-43-35-23-21-22-24-37(35)52-40/h17,21-24,33-34,36,38H,1,5,18-20,25-31H2,2-4,6-16H3/t33-,34+,36-,38?/m1/s1. The first kappa shape index (κ1) is 50.6. The number of para-hydroxylation sites is 1. The van der Waals surface area contributed by atoms with Gasteiger partial charge < -0.3 is 23.1 Å². The van der Waals surface area contributed by atoms with Crippen molar-refractivity contribution in [2.45, 2.75) is 172 Å². The molecule has 56 heavy (non-hydrogen) atoms. The summed E-state index contributed by atoms with van der Waals surface area (Å²) < 4.78 is 61.4. The molecule has 9 nitrogen and oxygen atoms in total. The molecule has 1 aromatic heterocycles. The van der Waals surface area contributed by atoms with E-state index in [-0.39, 0.29) is 28.0 Å². The third kappa shape index (κ3) is 15.6. The molecule has 0 saturated heterocycles. The summed E-state index contributed by atoms with van der Waals surface area (Å²) in [5.74, 6) is -0.667. The number of nitrogens with zero attached hydrogens (tertiary/aromatic N) is 1. The number of fused-ring (bicyclic) bond motifs is 1. The van der Waals surface area contributed by atoms with Crippen LogP contribution in [-0.2, 0) is 37.7 Å². The monoisotopic (exact) mass is 869 g/mol. The maximum Gasteiger partial charge on any atom is 0.330 e. The summed E-state index contributed by atoms with van der Waals surface area (Å²) in [7, 11) is -9.44. The highest BCUT2D eigenvalue weighted by Crippen LogP contribution is 2.40. The van der Waals surface area contributed by atoms with Crippen LogP contribution >= 0.6 is 11.3 Å². The summed E-state index contributed by atoms with van der Waals surface area (Å²) in [6, 6.07) is 11.2. The number of carbonyl (C=O) groups is 1. The van der Waals surface area contributed by atoms with Gasteiger partial charge in [-0.05, 0) is 67.8 Å². The van der Waals surface area contributed by atoms with Gasteiger partial charge in [-0.3, -0.25) is 0 Å². The number of sulfone groups is 1. The van der Waals surface area contributed by atoms with Crippen LogP contribution in [0, 0.1) is 5.41 Å². The Balaban J connectivity index is 2.44. The Kier molecular flexibility index (Phi) is 19.1. The number of esters is 1. The minimum Gasteiger partial charge on any atom is -0.459 e. The Morgan fingerprint density at radius 3 is 2.11 bits per heavy atom. The van der Waals surface area contributed by atoms with Gasteiger partial charge in [-0.25, -0.2) is 18.2 Å². The molecule has 1 heterocycles. The molecular formula is C42H75NO8S2Si3. The van der Waals surface area contributed by atoms with Crippen LogP contribution in [0.25, 0.3) is 10.2 Å². The number of hydrogen-bond acceptors (Lipinski definition) is 10. The van der Waals surface area contributed by atoms with Crippen molar-refractivity contribution >= 4 is 62.1 Å². The molecule has 1 unspecified atom stereocenters. The van der Waals surface area contributed by atoms with E-state index < -0.39 is 64.2 Å². The number of ether oxygens (including phenoxy) is 3. The van der Waals surface area contributed by atoms with E-state index in [0.29, 0.717) is 31.4 Å². The smallest absolute Gasteiger partial charge is 0.330 e. The fourth-order valence-electron chi connectivity index (χ4n) is 6.41. The van der Waals surface area contributed by atoms with Crippen LogP contribution < -0.4 is 0 Å². The highest BCUT2D eigenvalue weighted by Gasteiger charge is 2.43. The van der Waals surface area contributed by atoms with Gasteiger partial charge in [-0.1, -0.05) is 106 Å². The summed E-state index contributed by atoms with van der Waals surface area (Å²) in [6.45, 7) is 39.3. The molecule has 320 valence electrons. The van der Waals surface area contributed by atoms with Crippen molar-refractivity contribution in [2.24, 2.45) is 5.41 Å². The molecule has 0 aliphatic carbocycles. The highest BCUT2D eigenvalue weighted by molar-refractivity contribution is 7.93. The van der Waals surface area contributed by atoms with Gasteiger partial charge in [0.25, 0.3) is 0 Å². The molecule has 0 N–H and O–H groups in total. The van der Waals surface area contributed by atoms with Crippen LogP contribution in [0.5, 0.6) is 0 Å². The zero-order valence-corrected chi connectivity index (χ0v) is 41.8. The molecule has 0 amide bonds. The molecular weight excluding hydrogens is 795 g/mol. The average Bonchev–Trinajstić information content (AvgIpc) is 3.53. The molecule has 2 rings (SSSR count). The van der Waals surface area contributed by atoms with Crippen molar-refractivity contribution in [3.63, 3.8) is 0 Å². The summed E-state index contributed by atoms with van der Waals surface area (Å²) >= 11 is 1.20. The number of benzene rings is 1. The number of rotatable bonds is 26. The lowest BCUT2D eigenvalue weighted by atomic mass is 9.84. The number of aromatic nitrogens is 1. The van der Waals surface area contributed by atoms with Gasteiger partial charge in [-0.2, -0.15) is 0 Å². The fourth-order valence-corrected chi connectivity index (χ4v) is 14.8. The van der Waals surface area contributed by atoms with Crippen molar-refractivity contribution < 1.29 is 36.3 Å². The maximum absolute atomic E-state index is 14.0.